The van der Waals surface area contributed by atoms with E-state index >= 15 is 0 Å². The van der Waals surface area contributed by atoms with E-state index in [1.807, 2.05) is 35.8 Å². The number of carbonyl (C=O) groups is 1. The molecule has 6 heteroatoms. The van der Waals surface area contributed by atoms with Gasteiger partial charge in [-0.15, -0.1) is 11.3 Å². The van der Waals surface area contributed by atoms with Crippen molar-refractivity contribution >= 4 is 23.1 Å². The standard InChI is InChI=1S/C17H21N3O2S/c1-13-12-20(6-7-22-13)16-5-4-14(10-18-16)11-19-17(21)9-15-3-2-8-23-15/h2-5,8,10,13H,6-7,9,11-12H2,1H3,(H,19,21). The second-order valence-electron chi connectivity index (χ2n) is 5.68. The molecule has 0 spiro atoms. The number of anilines is 1. The summed E-state index contributed by atoms with van der Waals surface area (Å²) in [7, 11) is 0. The first-order valence-corrected chi connectivity index (χ1v) is 8.69. The minimum Gasteiger partial charge on any atom is -0.375 e. The average Bonchev–Trinajstić information content (AvgIpc) is 3.06. The van der Waals surface area contributed by atoms with E-state index in [-0.39, 0.29) is 12.0 Å². The van der Waals surface area contributed by atoms with Gasteiger partial charge in [0.2, 0.25) is 5.91 Å². The molecule has 5 nitrogen and oxygen atoms in total. The minimum absolute atomic E-state index is 0.0403. The summed E-state index contributed by atoms with van der Waals surface area (Å²) in [5.41, 5.74) is 1.01. The summed E-state index contributed by atoms with van der Waals surface area (Å²) in [6, 6.07) is 7.97. The molecule has 0 aliphatic carbocycles. The van der Waals surface area contributed by atoms with Gasteiger partial charge in [-0.25, -0.2) is 4.98 Å². The van der Waals surface area contributed by atoms with Gasteiger partial charge in [-0.2, -0.15) is 0 Å². The van der Waals surface area contributed by atoms with Crippen molar-refractivity contribution in [2.45, 2.75) is 26.0 Å². The Balaban J connectivity index is 1.50. The molecule has 1 aliphatic heterocycles. The molecule has 1 aliphatic rings. The van der Waals surface area contributed by atoms with E-state index in [2.05, 4.69) is 22.1 Å². The first-order chi connectivity index (χ1) is 11.2. The molecule has 2 aromatic heterocycles. The van der Waals surface area contributed by atoms with E-state index in [0.717, 1.165) is 36.0 Å². The zero-order valence-electron chi connectivity index (χ0n) is 13.2. The van der Waals surface area contributed by atoms with Gasteiger partial charge in [0.1, 0.15) is 5.82 Å². The number of amides is 1. The highest BCUT2D eigenvalue weighted by molar-refractivity contribution is 7.10. The number of nitrogens with one attached hydrogen (secondary N) is 1. The highest BCUT2D eigenvalue weighted by Crippen LogP contribution is 2.15. The first-order valence-electron chi connectivity index (χ1n) is 7.81. The van der Waals surface area contributed by atoms with Crippen molar-refractivity contribution in [3.8, 4) is 0 Å². The highest BCUT2D eigenvalue weighted by atomic mass is 32.1. The fraction of sp³-hybridized carbons (Fsp3) is 0.412. The first kappa shape index (κ1) is 16.0. The van der Waals surface area contributed by atoms with Crippen LogP contribution in [0.1, 0.15) is 17.4 Å². The summed E-state index contributed by atoms with van der Waals surface area (Å²) in [4.78, 5) is 19.7. The van der Waals surface area contributed by atoms with Gasteiger partial charge in [0.05, 0.1) is 19.1 Å². The Labute approximate surface area is 140 Å². The molecule has 23 heavy (non-hydrogen) atoms. The second-order valence-corrected chi connectivity index (χ2v) is 6.72. The molecule has 3 heterocycles. The molecule has 1 unspecified atom stereocenters. The number of rotatable bonds is 5. The molecule has 1 atom stereocenters. The van der Waals surface area contributed by atoms with E-state index in [4.69, 9.17) is 4.74 Å². The number of carbonyl (C=O) groups excluding carboxylic acids is 1. The SMILES string of the molecule is CC1CN(c2ccc(CNC(=O)Cc3cccs3)cn2)CCO1. The summed E-state index contributed by atoms with van der Waals surface area (Å²) < 4.78 is 5.55. The van der Waals surface area contributed by atoms with Gasteiger partial charge in [0.15, 0.2) is 0 Å². The maximum absolute atomic E-state index is 11.9. The maximum atomic E-state index is 11.9. The van der Waals surface area contributed by atoms with Gasteiger partial charge in [-0.1, -0.05) is 12.1 Å². The summed E-state index contributed by atoms with van der Waals surface area (Å²) >= 11 is 1.60. The Morgan fingerprint density at radius 1 is 1.48 bits per heavy atom. The maximum Gasteiger partial charge on any atom is 0.225 e. The molecule has 0 saturated carbocycles. The zero-order chi connectivity index (χ0) is 16.1. The lowest BCUT2D eigenvalue weighted by Crippen LogP contribution is -2.41. The van der Waals surface area contributed by atoms with Crippen LogP contribution in [-0.4, -0.2) is 36.7 Å². The van der Waals surface area contributed by atoms with Crippen LogP contribution in [0.2, 0.25) is 0 Å². The molecule has 1 fully saturated rings. The van der Waals surface area contributed by atoms with Crippen molar-refractivity contribution in [3.05, 3.63) is 46.3 Å². The number of ether oxygens (including phenoxy) is 1. The fourth-order valence-corrected chi connectivity index (χ4v) is 3.27. The van der Waals surface area contributed by atoms with Crippen molar-refractivity contribution in [2.24, 2.45) is 0 Å². The Kier molecular flexibility index (Phi) is 5.25. The normalized spacial score (nSPS) is 18.0. The molecule has 3 rings (SSSR count). The van der Waals surface area contributed by atoms with E-state index in [1.54, 1.807) is 11.3 Å². The smallest absolute Gasteiger partial charge is 0.225 e. The van der Waals surface area contributed by atoms with Crippen molar-refractivity contribution in [1.82, 2.24) is 10.3 Å². The number of hydrogen-bond donors (Lipinski definition) is 1. The number of nitrogens with zero attached hydrogens (tertiary/aromatic N) is 2. The van der Waals surface area contributed by atoms with Crippen LogP contribution in [0.15, 0.2) is 35.8 Å². The van der Waals surface area contributed by atoms with Gasteiger partial charge >= 0.3 is 0 Å². The zero-order valence-corrected chi connectivity index (χ0v) is 14.0. The molecule has 122 valence electrons. The van der Waals surface area contributed by atoms with Gasteiger partial charge in [0, 0.05) is 30.7 Å². The molecule has 0 aromatic carbocycles. The predicted molar refractivity (Wildman–Crippen MR) is 91.7 cm³/mol. The lowest BCUT2D eigenvalue weighted by molar-refractivity contribution is -0.120. The van der Waals surface area contributed by atoms with Crippen LogP contribution in [-0.2, 0) is 22.5 Å². The molecular formula is C17H21N3O2S. The molecule has 0 bridgehead atoms. The van der Waals surface area contributed by atoms with Crippen LogP contribution in [0, 0.1) is 0 Å². The number of morpholine rings is 1. The molecule has 2 aromatic rings. The third kappa shape index (κ3) is 4.53. The van der Waals surface area contributed by atoms with E-state index < -0.39 is 0 Å². The monoisotopic (exact) mass is 331 g/mol. The van der Waals surface area contributed by atoms with Gasteiger partial charge in [0.25, 0.3) is 0 Å². The van der Waals surface area contributed by atoms with Gasteiger partial charge < -0.3 is 15.0 Å². The van der Waals surface area contributed by atoms with Crippen LogP contribution in [0.4, 0.5) is 5.82 Å². The summed E-state index contributed by atoms with van der Waals surface area (Å²) in [5, 5.41) is 4.92. The molecule has 1 N–H and O–H groups in total. The number of thiophene rings is 1. The quantitative estimate of drug-likeness (QED) is 0.913. The van der Waals surface area contributed by atoms with Crippen molar-refractivity contribution in [2.75, 3.05) is 24.6 Å². The van der Waals surface area contributed by atoms with Gasteiger partial charge in [-0.3, -0.25) is 4.79 Å². The second kappa shape index (κ2) is 7.57. The summed E-state index contributed by atoms with van der Waals surface area (Å²) in [6.07, 6.45) is 2.51. The Hall–Kier alpha value is -1.92. The van der Waals surface area contributed by atoms with Crippen LogP contribution in [0.3, 0.4) is 0 Å². The topological polar surface area (TPSA) is 54.5 Å². The van der Waals surface area contributed by atoms with E-state index in [0.29, 0.717) is 13.0 Å². The van der Waals surface area contributed by atoms with Crippen LogP contribution in [0.5, 0.6) is 0 Å². The van der Waals surface area contributed by atoms with Crippen molar-refractivity contribution < 1.29 is 9.53 Å². The van der Waals surface area contributed by atoms with Crippen molar-refractivity contribution in [1.29, 1.82) is 0 Å². The third-order valence-corrected chi connectivity index (χ3v) is 4.66. The van der Waals surface area contributed by atoms with E-state index in [9.17, 15) is 4.79 Å². The van der Waals surface area contributed by atoms with Crippen molar-refractivity contribution in [3.63, 3.8) is 0 Å². The lowest BCUT2D eigenvalue weighted by atomic mass is 10.2. The summed E-state index contributed by atoms with van der Waals surface area (Å²) in [6.45, 7) is 5.06. The number of hydrogen-bond acceptors (Lipinski definition) is 5. The average molecular weight is 331 g/mol. The van der Waals surface area contributed by atoms with Crippen LogP contribution in [0.25, 0.3) is 0 Å². The fourth-order valence-electron chi connectivity index (χ4n) is 2.57. The minimum atomic E-state index is 0.0403. The summed E-state index contributed by atoms with van der Waals surface area (Å²) in [5.74, 6) is 1.01. The Morgan fingerprint density at radius 2 is 2.39 bits per heavy atom. The highest BCUT2D eigenvalue weighted by Gasteiger charge is 2.17. The van der Waals surface area contributed by atoms with Crippen LogP contribution < -0.4 is 10.2 Å². The number of pyridine rings is 1. The Bertz CT molecular complexity index is 628. The molecule has 1 amide bonds. The lowest BCUT2D eigenvalue weighted by Gasteiger charge is -2.32. The Morgan fingerprint density at radius 3 is 3.09 bits per heavy atom. The molecule has 0 radical (unpaired) electrons. The van der Waals surface area contributed by atoms with E-state index in [1.165, 1.54) is 0 Å². The van der Waals surface area contributed by atoms with Crippen LogP contribution >= 0.6 is 11.3 Å². The largest absolute Gasteiger partial charge is 0.375 e. The third-order valence-electron chi connectivity index (χ3n) is 3.78. The van der Waals surface area contributed by atoms with Gasteiger partial charge in [-0.05, 0) is 30.0 Å². The predicted octanol–water partition coefficient (Wildman–Crippen LogP) is 2.23. The molecular weight excluding hydrogens is 310 g/mol. The molecule has 1 saturated heterocycles. The number of aromatic nitrogens is 1.